The van der Waals surface area contributed by atoms with Crippen LogP contribution in [0.2, 0.25) is 5.02 Å². The Bertz CT molecular complexity index is 1270. The van der Waals surface area contributed by atoms with Crippen LogP contribution in [0.3, 0.4) is 0 Å². The highest BCUT2D eigenvalue weighted by molar-refractivity contribution is 6.31. The number of piperidine rings is 1. The van der Waals surface area contributed by atoms with Gasteiger partial charge in [-0.15, -0.1) is 0 Å². The average Bonchev–Trinajstić information content (AvgIpc) is 3.29. The molecule has 2 aliphatic rings. The van der Waals surface area contributed by atoms with Crippen molar-refractivity contribution in [2.24, 2.45) is 5.41 Å². The highest BCUT2D eigenvalue weighted by Crippen LogP contribution is 2.37. The van der Waals surface area contributed by atoms with E-state index in [0.29, 0.717) is 45.4 Å². The number of benzene rings is 2. The zero-order chi connectivity index (χ0) is 26.7. The van der Waals surface area contributed by atoms with Crippen LogP contribution >= 0.6 is 11.6 Å². The third-order valence-corrected chi connectivity index (χ3v) is 8.50. The SMILES string of the molecule is Cc1cc(OC[C@]2(CC(=O)N3CCOCC3)CCCN(Cc3cn(C(C)C)c4ccccc34)C2)ccc1Cl. The van der Waals surface area contributed by atoms with Crippen LogP contribution in [0.15, 0.2) is 48.7 Å². The molecule has 1 amide bonds. The molecule has 0 aliphatic carbocycles. The Morgan fingerprint density at radius 2 is 1.92 bits per heavy atom. The molecule has 2 aliphatic heterocycles. The van der Waals surface area contributed by atoms with Gasteiger partial charge in [0.1, 0.15) is 5.75 Å². The maximum absolute atomic E-state index is 13.5. The van der Waals surface area contributed by atoms with Gasteiger partial charge in [-0.25, -0.2) is 0 Å². The molecule has 6 nitrogen and oxygen atoms in total. The lowest BCUT2D eigenvalue weighted by Crippen LogP contribution is -2.50. The van der Waals surface area contributed by atoms with Gasteiger partial charge in [-0.1, -0.05) is 29.8 Å². The van der Waals surface area contributed by atoms with Crippen molar-refractivity contribution in [1.29, 1.82) is 0 Å². The summed E-state index contributed by atoms with van der Waals surface area (Å²) in [6.45, 7) is 12.3. The number of hydrogen-bond acceptors (Lipinski definition) is 4. The third kappa shape index (κ3) is 6.03. The van der Waals surface area contributed by atoms with Gasteiger partial charge < -0.3 is 18.9 Å². The van der Waals surface area contributed by atoms with Crippen LogP contribution in [0, 0.1) is 12.3 Å². The van der Waals surface area contributed by atoms with Gasteiger partial charge in [-0.2, -0.15) is 0 Å². The van der Waals surface area contributed by atoms with E-state index in [9.17, 15) is 4.79 Å². The first-order valence-corrected chi connectivity index (χ1v) is 14.3. The Hall–Kier alpha value is -2.54. The molecule has 5 rings (SSSR count). The van der Waals surface area contributed by atoms with Gasteiger partial charge in [0.25, 0.3) is 0 Å². The number of aryl methyl sites for hydroxylation is 1. The fourth-order valence-electron chi connectivity index (χ4n) is 6.02. The Morgan fingerprint density at radius 1 is 1.13 bits per heavy atom. The predicted octanol–water partition coefficient (Wildman–Crippen LogP) is 6.09. The molecule has 3 heterocycles. The first-order chi connectivity index (χ1) is 18.3. The number of amides is 1. The highest BCUT2D eigenvalue weighted by Gasteiger charge is 2.40. The summed E-state index contributed by atoms with van der Waals surface area (Å²) in [4.78, 5) is 18.0. The molecule has 0 spiro atoms. The minimum atomic E-state index is -0.252. The van der Waals surface area contributed by atoms with E-state index in [1.54, 1.807) is 0 Å². The van der Waals surface area contributed by atoms with Crippen molar-refractivity contribution in [2.45, 2.75) is 52.6 Å². The van der Waals surface area contributed by atoms with Crippen LogP contribution in [0.1, 0.15) is 50.3 Å². The van der Waals surface area contributed by atoms with Gasteiger partial charge in [-0.3, -0.25) is 9.69 Å². The number of rotatable bonds is 8. The fourth-order valence-corrected chi connectivity index (χ4v) is 6.14. The van der Waals surface area contributed by atoms with Crippen LogP contribution in [0.4, 0.5) is 0 Å². The molecule has 2 saturated heterocycles. The Kier molecular flexibility index (Phi) is 8.32. The number of likely N-dealkylation sites (tertiary alicyclic amines) is 1. The number of morpholine rings is 1. The lowest BCUT2D eigenvalue weighted by molar-refractivity contribution is -0.139. The van der Waals surface area contributed by atoms with Crippen molar-refractivity contribution in [3.05, 3.63) is 64.8 Å². The standard InChI is InChI=1S/C31H40ClN3O3/c1-23(2)35-20-25(27-7-4-5-8-29(27)35)19-33-12-6-11-31(21-33,18-30(36)34-13-15-37-16-14-34)22-38-26-9-10-28(32)24(3)17-26/h4-5,7-10,17,20,23H,6,11-16,18-19,21-22H2,1-3H3/t31-/m0/s1. The Balaban J connectivity index is 1.37. The van der Waals surface area contributed by atoms with Crippen LogP contribution in [0.25, 0.3) is 10.9 Å². The molecule has 204 valence electrons. The maximum Gasteiger partial charge on any atom is 0.223 e. The van der Waals surface area contributed by atoms with E-state index in [4.69, 9.17) is 21.1 Å². The van der Waals surface area contributed by atoms with Crippen molar-refractivity contribution >= 4 is 28.4 Å². The van der Waals surface area contributed by atoms with E-state index >= 15 is 0 Å². The molecule has 3 aromatic rings. The summed E-state index contributed by atoms with van der Waals surface area (Å²) in [5, 5.41) is 2.05. The number of halogens is 1. The predicted molar refractivity (Wildman–Crippen MR) is 153 cm³/mol. The molecule has 7 heteroatoms. The maximum atomic E-state index is 13.5. The van der Waals surface area contributed by atoms with E-state index in [0.717, 1.165) is 48.8 Å². The zero-order valence-corrected chi connectivity index (χ0v) is 23.7. The number of ether oxygens (including phenoxy) is 2. The molecule has 1 atom stereocenters. The van der Waals surface area contributed by atoms with Crippen LogP contribution < -0.4 is 4.74 Å². The van der Waals surface area contributed by atoms with Gasteiger partial charge >= 0.3 is 0 Å². The number of nitrogens with zero attached hydrogens (tertiary/aromatic N) is 3. The number of carbonyl (C=O) groups is 1. The van der Waals surface area contributed by atoms with Gasteiger partial charge in [0.15, 0.2) is 0 Å². The first kappa shape index (κ1) is 27.0. The molecule has 0 radical (unpaired) electrons. The summed E-state index contributed by atoms with van der Waals surface area (Å²) in [7, 11) is 0. The van der Waals surface area contributed by atoms with E-state index in [-0.39, 0.29) is 11.3 Å². The summed E-state index contributed by atoms with van der Waals surface area (Å²) in [5.41, 5.74) is 3.37. The normalized spacial score (nSPS) is 20.8. The number of carbonyl (C=O) groups excluding carboxylic acids is 1. The van der Waals surface area contributed by atoms with E-state index in [2.05, 4.69) is 53.8 Å². The molecular weight excluding hydrogens is 498 g/mol. The van der Waals surface area contributed by atoms with Gasteiger partial charge in [0, 0.05) is 66.2 Å². The fraction of sp³-hybridized carbons (Fsp3) is 0.516. The number of hydrogen-bond donors (Lipinski definition) is 0. The molecule has 38 heavy (non-hydrogen) atoms. The first-order valence-electron chi connectivity index (χ1n) is 13.9. The second-order valence-electron chi connectivity index (χ2n) is 11.4. The smallest absolute Gasteiger partial charge is 0.223 e. The van der Waals surface area contributed by atoms with E-state index in [1.165, 1.54) is 16.5 Å². The lowest BCUT2D eigenvalue weighted by atomic mass is 9.77. The largest absolute Gasteiger partial charge is 0.493 e. The summed E-state index contributed by atoms with van der Waals surface area (Å²) < 4.78 is 14.3. The zero-order valence-electron chi connectivity index (χ0n) is 22.9. The topological polar surface area (TPSA) is 46.9 Å². The summed E-state index contributed by atoms with van der Waals surface area (Å²) in [6.07, 6.45) is 4.82. The average molecular weight is 538 g/mol. The van der Waals surface area contributed by atoms with E-state index in [1.807, 2.05) is 30.0 Å². The monoisotopic (exact) mass is 537 g/mol. The lowest BCUT2D eigenvalue weighted by Gasteiger charge is -2.43. The second-order valence-corrected chi connectivity index (χ2v) is 11.8. The van der Waals surface area contributed by atoms with Crippen LogP contribution in [-0.4, -0.2) is 66.3 Å². The van der Waals surface area contributed by atoms with Crippen molar-refractivity contribution < 1.29 is 14.3 Å². The van der Waals surface area contributed by atoms with Crippen molar-refractivity contribution in [3.8, 4) is 5.75 Å². The Labute approximate surface area is 231 Å². The number of para-hydroxylation sites is 1. The highest BCUT2D eigenvalue weighted by atomic mass is 35.5. The van der Waals surface area contributed by atoms with Gasteiger partial charge in [0.2, 0.25) is 5.91 Å². The number of fused-ring (bicyclic) bond motifs is 1. The Morgan fingerprint density at radius 3 is 2.68 bits per heavy atom. The molecule has 0 saturated carbocycles. The summed E-state index contributed by atoms with van der Waals surface area (Å²) in [5.74, 6) is 1.02. The van der Waals surface area contributed by atoms with Gasteiger partial charge in [-0.05, 0) is 75.5 Å². The third-order valence-electron chi connectivity index (χ3n) is 8.08. The molecule has 1 aromatic heterocycles. The van der Waals surface area contributed by atoms with Gasteiger partial charge in [0.05, 0.1) is 19.8 Å². The molecule has 0 N–H and O–H groups in total. The molecule has 0 unspecified atom stereocenters. The van der Waals surface area contributed by atoms with Crippen molar-refractivity contribution in [3.63, 3.8) is 0 Å². The van der Waals surface area contributed by atoms with Crippen LogP contribution in [-0.2, 0) is 16.1 Å². The molecular formula is C31H40ClN3O3. The quantitative estimate of drug-likeness (QED) is 0.348. The second kappa shape index (κ2) is 11.7. The molecule has 2 fully saturated rings. The number of aromatic nitrogens is 1. The van der Waals surface area contributed by atoms with Crippen molar-refractivity contribution in [2.75, 3.05) is 46.0 Å². The van der Waals surface area contributed by atoms with Crippen LogP contribution in [0.5, 0.6) is 5.75 Å². The summed E-state index contributed by atoms with van der Waals surface area (Å²) >= 11 is 6.25. The van der Waals surface area contributed by atoms with E-state index < -0.39 is 0 Å². The minimum absolute atomic E-state index is 0.211. The molecule has 2 aromatic carbocycles. The molecule has 0 bridgehead atoms. The van der Waals surface area contributed by atoms with Crippen molar-refractivity contribution in [1.82, 2.24) is 14.4 Å². The minimum Gasteiger partial charge on any atom is -0.493 e. The summed E-state index contributed by atoms with van der Waals surface area (Å²) in [6, 6.07) is 14.9.